The van der Waals surface area contributed by atoms with Gasteiger partial charge in [0.1, 0.15) is 0 Å². The van der Waals surface area contributed by atoms with Crippen molar-refractivity contribution in [3.8, 4) is 0 Å². The lowest BCUT2D eigenvalue weighted by Gasteiger charge is -2.37. The van der Waals surface area contributed by atoms with Gasteiger partial charge in [-0.15, -0.1) is 0 Å². The number of hydrogen-bond donors (Lipinski definition) is 1. The summed E-state index contributed by atoms with van der Waals surface area (Å²) < 4.78 is 0. The number of piperidine rings is 1. The van der Waals surface area contributed by atoms with Crippen molar-refractivity contribution in [1.29, 1.82) is 0 Å². The van der Waals surface area contributed by atoms with Crippen molar-refractivity contribution in [1.82, 2.24) is 4.90 Å². The van der Waals surface area contributed by atoms with Crippen LogP contribution in [0.2, 0.25) is 0 Å². The van der Waals surface area contributed by atoms with Gasteiger partial charge >= 0.3 is 5.97 Å². The fourth-order valence-corrected chi connectivity index (χ4v) is 3.65. The predicted octanol–water partition coefficient (Wildman–Crippen LogP) is 2.89. The van der Waals surface area contributed by atoms with E-state index in [1.165, 1.54) is 5.56 Å². The Kier molecular flexibility index (Phi) is 4.46. The van der Waals surface area contributed by atoms with Crippen molar-refractivity contribution in [2.24, 2.45) is 11.8 Å². The van der Waals surface area contributed by atoms with E-state index in [-0.39, 0.29) is 11.8 Å². The third-order valence-corrected chi connectivity index (χ3v) is 5.17. The normalized spacial score (nSPS) is 25.5. The van der Waals surface area contributed by atoms with Crippen LogP contribution >= 0.6 is 0 Å². The van der Waals surface area contributed by atoms with Crippen LogP contribution in [0.3, 0.4) is 0 Å². The summed E-state index contributed by atoms with van der Waals surface area (Å²) in [4.78, 5) is 25.1. The highest BCUT2D eigenvalue weighted by Gasteiger charge is 2.34. The average Bonchev–Trinajstić information content (AvgIpc) is 2.51. The molecule has 0 spiro atoms. The first-order chi connectivity index (χ1) is 10.6. The molecular weight excluding hydrogens is 278 g/mol. The Morgan fingerprint density at radius 3 is 2.32 bits per heavy atom. The second-order valence-corrected chi connectivity index (χ2v) is 6.64. The van der Waals surface area contributed by atoms with Crippen molar-refractivity contribution >= 4 is 11.9 Å². The summed E-state index contributed by atoms with van der Waals surface area (Å²) in [6.45, 7) is 1.20. The lowest BCUT2D eigenvalue weighted by Crippen LogP contribution is -2.41. The SMILES string of the molecule is O=C(O)C1CCN(C(=O)CC2CC(c3ccccc3)C2)CC1. The highest BCUT2D eigenvalue weighted by atomic mass is 16.4. The van der Waals surface area contributed by atoms with Gasteiger partial charge in [-0.1, -0.05) is 30.3 Å². The molecule has 1 aromatic carbocycles. The number of carboxylic acids is 1. The maximum atomic E-state index is 12.3. The summed E-state index contributed by atoms with van der Waals surface area (Å²) in [6, 6.07) is 10.5. The molecule has 2 fully saturated rings. The van der Waals surface area contributed by atoms with E-state index in [1.54, 1.807) is 0 Å². The number of aliphatic carboxylic acids is 1. The Bertz CT molecular complexity index is 529. The number of rotatable bonds is 4. The minimum Gasteiger partial charge on any atom is -0.481 e. The van der Waals surface area contributed by atoms with Gasteiger partial charge < -0.3 is 10.0 Å². The first-order valence-corrected chi connectivity index (χ1v) is 8.19. The topological polar surface area (TPSA) is 57.6 Å². The molecule has 1 N–H and O–H groups in total. The maximum Gasteiger partial charge on any atom is 0.306 e. The lowest BCUT2D eigenvalue weighted by atomic mass is 9.70. The summed E-state index contributed by atoms with van der Waals surface area (Å²) >= 11 is 0. The number of amides is 1. The second kappa shape index (κ2) is 6.51. The molecule has 3 rings (SSSR count). The fraction of sp³-hybridized carbons (Fsp3) is 0.556. The van der Waals surface area contributed by atoms with Gasteiger partial charge in [-0.3, -0.25) is 9.59 Å². The Morgan fingerprint density at radius 2 is 1.73 bits per heavy atom. The molecule has 1 aliphatic heterocycles. The number of hydrogen-bond acceptors (Lipinski definition) is 2. The molecule has 0 atom stereocenters. The molecule has 1 aromatic rings. The third-order valence-electron chi connectivity index (χ3n) is 5.17. The number of carboxylic acid groups (broad SMARTS) is 1. The summed E-state index contributed by atoms with van der Waals surface area (Å²) in [7, 11) is 0. The first kappa shape index (κ1) is 15.1. The molecule has 4 nitrogen and oxygen atoms in total. The summed E-state index contributed by atoms with van der Waals surface area (Å²) in [5.74, 6) is 0.319. The van der Waals surface area contributed by atoms with Crippen LogP contribution < -0.4 is 0 Å². The average molecular weight is 301 g/mol. The molecule has 2 aliphatic rings. The minimum absolute atomic E-state index is 0.209. The summed E-state index contributed by atoms with van der Waals surface area (Å²) in [5, 5.41) is 8.99. The van der Waals surface area contributed by atoms with Gasteiger partial charge in [0.2, 0.25) is 5.91 Å². The van der Waals surface area contributed by atoms with E-state index in [0.29, 0.717) is 44.2 Å². The van der Waals surface area contributed by atoms with Crippen LogP contribution in [-0.4, -0.2) is 35.0 Å². The molecular formula is C18H23NO3. The standard InChI is InChI=1S/C18H23NO3/c20-17(19-8-6-15(7-9-19)18(21)22)12-13-10-16(11-13)14-4-2-1-3-5-14/h1-5,13,15-16H,6-12H2,(H,21,22). The van der Waals surface area contributed by atoms with E-state index < -0.39 is 5.97 Å². The highest BCUT2D eigenvalue weighted by molar-refractivity contribution is 5.77. The van der Waals surface area contributed by atoms with Crippen LogP contribution in [0.15, 0.2) is 30.3 Å². The molecule has 1 saturated heterocycles. The van der Waals surface area contributed by atoms with Crippen LogP contribution in [0.5, 0.6) is 0 Å². The zero-order chi connectivity index (χ0) is 15.5. The number of carbonyl (C=O) groups excluding carboxylic acids is 1. The molecule has 0 bridgehead atoms. The highest BCUT2D eigenvalue weighted by Crippen LogP contribution is 2.43. The zero-order valence-electron chi connectivity index (χ0n) is 12.8. The molecule has 118 valence electrons. The minimum atomic E-state index is -0.725. The van der Waals surface area contributed by atoms with Crippen molar-refractivity contribution in [3.05, 3.63) is 35.9 Å². The molecule has 22 heavy (non-hydrogen) atoms. The van der Waals surface area contributed by atoms with Crippen LogP contribution in [0, 0.1) is 11.8 Å². The van der Waals surface area contributed by atoms with E-state index in [0.717, 1.165) is 12.8 Å². The molecule has 0 unspecified atom stereocenters. The number of benzene rings is 1. The Hall–Kier alpha value is -1.84. The van der Waals surface area contributed by atoms with Crippen LogP contribution in [0.25, 0.3) is 0 Å². The fourth-order valence-electron chi connectivity index (χ4n) is 3.65. The van der Waals surface area contributed by atoms with Crippen molar-refractivity contribution < 1.29 is 14.7 Å². The van der Waals surface area contributed by atoms with Gasteiger partial charge in [0.15, 0.2) is 0 Å². The van der Waals surface area contributed by atoms with E-state index in [9.17, 15) is 9.59 Å². The number of likely N-dealkylation sites (tertiary alicyclic amines) is 1. The molecule has 1 amide bonds. The van der Waals surface area contributed by atoms with Gasteiger partial charge in [0.25, 0.3) is 0 Å². The van der Waals surface area contributed by atoms with E-state index >= 15 is 0 Å². The Balaban J connectivity index is 1.42. The Morgan fingerprint density at radius 1 is 1.09 bits per heavy atom. The van der Waals surface area contributed by atoms with Crippen LogP contribution in [-0.2, 0) is 9.59 Å². The summed E-state index contributed by atoms with van der Waals surface area (Å²) in [6.07, 6.45) is 4.01. The molecule has 0 aromatic heterocycles. The molecule has 1 heterocycles. The Labute approximate surface area is 131 Å². The van der Waals surface area contributed by atoms with E-state index in [1.807, 2.05) is 11.0 Å². The first-order valence-electron chi connectivity index (χ1n) is 8.19. The quantitative estimate of drug-likeness (QED) is 0.930. The largest absolute Gasteiger partial charge is 0.481 e. The number of carbonyl (C=O) groups is 2. The summed E-state index contributed by atoms with van der Waals surface area (Å²) in [5.41, 5.74) is 1.38. The van der Waals surface area contributed by atoms with Crippen LogP contribution in [0.4, 0.5) is 0 Å². The number of nitrogens with zero attached hydrogens (tertiary/aromatic N) is 1. The van der Waals surface area contributed by atoms with Crippen molar-refractivity contribution in [3.63, 3.8) is 0 Å². The maximum absolute atomic E-state index is 12.3. The van der Waals surface area contributed by atoms with Gasteiger partial charge in [0.05, 0.1) is 5.92 Å². The van der Waals surface area contributed by atoms with Gasteiger partial charge in [-0.25, -0.2) is 0 Å². The van der Waals surface area contributed by atoms with Crippen LogP contribution in [0.1, 0.15) is 43.6 Å². The van der Waals surface area contributed by atoms with Crippen molar-refractivity contribution in [2.75, 3.05) is 13.1 Å². The van der Waals surface area contributed by atoms with Crippen molar-refractivity contribution in [2.45, 2.75) is 38.0 Å². The van der Waals surface area contributed by atoms with E-state index in [4.69, 9.17) is 5.11 Å². The van der Waals surface area contributed by atoms with E-state index in [2.05, 4.69) is 24.3 Å². The smallest absolute Gasteiger partial charge is 0.306 e. The molecule has 1 saturated carbocycles. The predicted molar refractivity (Wildman–Crippen MR) is 83.5 cm³/mol. The molecule has 1 aliphatic carbocycles. The van der Waals surface area contributed by atoms with Gasteiger partial charge in [-0.05, 0) is 43.1 Å². The molecule has 4 heteroatoms. The van der Waals surface area contributed by atoms with Gasteiger partial charge in [-0.2, -0.15) is 0 Å². The lowest BCUT2D eigenvalue weighted by molar-refractivity contribution is -0.146. The second-order valence-electron chi connectivity index (χ2n) is 6.64. The third kappa shape index (κ3) is 3.32. The monoisotopic (exact) mass is 301 g/mol. The molecule has 0 radical (unpaired) electrons. The zero-order valence-corrected chi connectivity index (χ0v) is 12.8. The van der Waals surface area contributed by atoms with Gasteiger partial charge in [0, 0.05) is 19.5 Å².